The molecule has 2 N–H and O–H groups in total. The van der Waals surface area contributed by atoms with E-state index >= 15 is 0 Å². The average Bonchev–Trinajstić information content (AvgIpc) is 2.20. The first-order valence-corrected chi connectivity index (χ1v) is 4.06. The summed E-state index contributed by atoms with van der Waals surface area (Å²) in [6.07, 6.45) is 0. The number of methoxy groups -OCH3 is 2. The molecule has 14 heavy (non-hydrogen) atoms. The molecule has 0 fully saturated rings. The van der Waals surface area contributed by atoms with Gasteiger partial charge in [0.05, 0.1) is 19.2 Å². The highest BCUT2D eigenvalue weighted by Gasteiger charge is 2.14. The number of carbonyl (C=O) groups is 1. The Kier molecular flexibility index (Phi) is 3.14. The zero-order chi connectivity index (χ0) is 10.7. The van der Waals surface area contributed by atoms with Crippen molar-refractivity contribution in [3.63, 3.8) is 0 Å². The number of hydrogen-bond acceptors (Lipinski definition) is 5. The zero-order valence-electron chi connectivity index (χ0n) is 7.70. The number of aromatic nitrogens is 1. The second-order valence-corrected chi connectivity index (χ2v) is 2.81. The van der Waals surface area contributed by atoms with Gasteiger partial charge in [-0.2, -0.15) is 0 Å². The zero-order valence-corrected chi connectivity index (χ0v) is 8.46. The summed E-state index contributed by atoms with van der Waals surface area (Å²) in [6.45, 7) is 0. The van der Waals surface area contributed by atoms with E-state index in [4.69, 9.17) is 22.1 Å². The highest BCUT2D eigenvalue weighted by atomic mass is 35.5. The lowest BCUT2D eigenvalue weighted by molar-refractivity contribution is 0.0593. The van der Waals surface area contributed by atoms with Crippen molar-refractivity contribution in [2.24, 2.45) is 0 Å². The normalized spacial score (nSPS) is 9.64. The first-order valence-electron chi connectivity index (χ1n) is 3.68. The molecule has 5 nitrogen and oxygen atoms in total. The average molecular weight is 217 g/mol. The number of esters is 1. The standard InChI is InChI=1S/C8H9ClN2O3/c1-13-7-6(10)4(9)3-5(11-7)8(12)14-2/h3H,10H2,1-2H3. The lowest BCUT2D eigenvalue weighted by atomic mass is 10.3. The minimum atomic E-state index is -0.592. The summed E-state index contributed by atoms with van der Waals surface area (Å²) in [7, 11) is 2.64. The fraction of sp³-hybridized carbons (Fsp3) is 0.250. The molecule has 0 saturated carbocycles. The molecule has 0 aliphatic carbocycles. The van der Waals surface area contributed by atoms with Crippen LogP contribution in [0.15, 0.2) is 6.07 Å². The topological polar surface area (TPSA) is 74.4 Å². The maximum atomic E-state index is 11.1. The van der Waals surface area contributed by atoms with Gasteiger partial charge in [0, 0.05) is 0 Å². The Labute approximate surface area is 85.8 Å². The van der Waals surface area contributed by atoms with Crippen molar-refractivity contribution < 1.29 is 14.3 Å². The molecule has 0 aliphatic heterocycles. The Balaban J connectivity index is 3.22. The largest absolute Gasteiger partial charge is 0.479 e. The third kappa shape index (κ3) is 1.88. The molecule has 0 spiro atoms. The molecule has 0 amide bonds. The van der Waals surface area contributed by atoms with Crippen molar-refractivity contribution in [1.82, 2.24) is 4.98 Å². The third-order valence-corrected chi connectivity index (χ3v) is 1.87. The Morgan fingerprint density at radius 3 is 2.71 bits per heavy atom. The molecule has 1 heterocycles. The lowest BCUT2D eigenvalue weighted by Crippen LogP contribution is -2.07. The van der Waals surface area contributed by atoms with E-state index < -0.39 is 5.97 Å². The van der Waals surface area contributed by atoms with E-state index in [0.717, 1.165) is 0 Å². The van der Waals surface area contributed by atoms with E-state index in [9.17, 15) is 4.79 Å². The maximum Gasteiger partial charge on any atom is 0.356 e. The number of ether oxygens (including phenoxy) is 2. The van der Waals surface area contributed by atoms with Crippen LogP contribution in [0.3, 0.4) is 0 Å². The molecule has 0 aromatic carbocycles. The monoisotopic (exact) mass is 216 g/mol. The van der Waals surface area contributed by atoms with Crippen LogP contribution in [0.4, 0.5) is 5.69 Å². The van der Waals surface area contributed by atoms with Gasteiger partial charge < -0.3 is 15.2 Å². The number of hydrogen-bond donors (Lipinski definition) is 1. The second kappa shape index (κ2) is 4.15. The number of nitrogens with two attached hydrogens (primary N) is 1. The van der Waals surface area contributed by atoms with Crippen molar-refractivity contribution in [3.8, 4) is 5.88 Å². The van der Waals surface area contributed by atoms with Crippen molar-refractivity contribution >= 4 is 23.3 Å². The van der Waals surface area contributed by atoms with E-state index in [-0.39, 0.29) is 22.3 Å². The number of carbonyl (C=O) groups excluding carboxylic acids is 1. The van der Waals surface area contributed by atoms with Crippen LogP contribution >= 0.6 is 11.6 Å². The minimum Gasteiger partial charge on any atom is -0.479 e. The van der Waals surface area contributed by atoms with E-state index in [0.29, 0.717) is 0 Å². The molecule has 0 atom stereocenters. The third-order valence-electron chi connectivity index (χ3n) is 1.56. The summed E-state index contributed by atoms with van der Waals surface area (Å²) in [5.74, 6) is -0.483. The Hall–Kier alpha value is -1.49. The fourth-order valence-electron chi connectivity index (χ4n) is 0.867. The van der Waals surface area contributed by atoms with Gasteiger partial charge in [-0.05, 0) is 6.07 Å². The Morgan fingerprint density at radius 1 is 1.57 bits per heavy atom. The summed E-state index contributed by atoms with van der Waals surface area (Å²) < 4.78 is 9.31. The number of pyridine rings is 1. The molecule has 1 aromatic heterocycles. The molecular formula is C8H9ClN2O3. The van der Waals surface area contributed by atoms with Crippen LogP contribution in [0, 0.1) is 0 Å². The van der Waals surface area contributed by atoms with Gasteiger partial charge in [-0.25, -0.2) is 9.78 Å². The summed E-state index contributed by atoms with van der Waals surface area (Å²) in [5.41, 5.74) is 5.79. The first-order chi connectivity index (χ1) is 6.60. The van der Waals surface area contributed by atoms with Gasteiger partial charge in [-0.15, -0.1) is 0 Å². The van der Waals surface area contributed by atoms with Crippen molar-refractivity contribution in [3.05, 3.63) is 16.8 Å². The summed E-state index contributed by atoms with van der Waals surface area (Å²) in [6, 6.07) is 1.32. The van der Waals surface area contributed by atoms with Gasteiger partial charge in [0.2, 0.25) is 5.88 Å². The minimum absolute atomic E-state index is 0.0588. The number of anilines is 1. The first kappa shape index (κ1) is 10.6. The van der Waals surface area contributed by atoms with Gasteiger partial charge in [-0.3, -0.25) is 0 Å². The van der Waals surface area contributed by atoms with Gasteiger partial charge in [0.25, 0.3) is 0 Å². The SMILES string of the molecule is COC(=O)c1cc(Cl)c(N)c(OC)n1. The van der Waals surface area contributed by atoms with Crippen LogP contribution in [0.1, 0.15) is 10.5 Å². The molecule has 1 rings (SSSR count). The van der Waals surface area contributed by atoms with Gasteiger partial charge in [0.1, 0.15) is 5.69 Å². The van der Waals surface area contributed by atoms with Crippen LogP contribution < -0.4 is 10.5 Å². The molecule has 0 radical (unpaired) electrons. The number of nitrogens with zero attached hydrogens (tertiary/aromatic N) is 1. The van der Waals surface area contributed by atoms with E-state index in [1.165, 1.54) is 20.3 Å². The van der Waals surface area contributed by atoms with Crippen LogP contribution in [0.2, 0.25) is 5.02 Å². The Morgan fingerprint density at radius 2 is 2.21 bits per heavy atom. The van der Waals surface area contributed by atoms with E-state index in [1.54, 1.807) is 0 Å². The van der Waals surface area contributed by atoms with E-state index in [2.05, 4.69) is 9.72 Å². The van der Waals surface area contributed by atoms with Crippen molar-refractivity contribution in [2.45, 2.75) is 0 Å². The summed E-state index contributed by atoms with van der Waals surface area (Å²) >= 11 is 5.75. The van der Waals surface area contributed by atoms with Gasteiger partial charge >= 0.3 is 5.97 Å². The van der Waals surface area contributed by atoms with Crippen LogP contribution in [0.5, 0.6) is 5.88 Å². The molecule has 0 unspecified atom stereocenters. The molecule has 1 aromatic rings. The summed E-state index contributed by atoms with van der Waals surface area (Å²) in [4.78, 5) is 14.9. The molecule has 0 aliphatic rings. The molecule has 0 bridgehead atoms. The Bertz CT molecular complexity index is 368. The summed E-state index contributed by atoms with van der Waals surface area (Å²) in [5, 5.41) is 0.206. The highest BCUT2D eigenvalue weighted by Crippen LogP contribution is 2.27. The second-order valence-electron chi connectivity index (χ2n) is 2.40. The van der Waals surface area contributed by atoms with Crippen molar-refractivity contribution in [2.75, 3.05) is 20.0 Å². The number of nitrogen functional groups attached to an aromatic ring is 1. The quantitative estimate of drug-likeness (QED) is 0.750. The molecular weight excluding hydrogens is 208 g/mol. The van der Waals surface area contributed by atoms with Crippen LogP contribution in [-0.2, 0) is 4.74 Å². The number of halogens is 1. The van der Waals surface area contributed by atoms with Crippen LogP contribution in [0.25, 0.3) is 0 Å². The smallest absolute Gasteiger partial charge is 0.356 e. The van der Waals surface area contributed by atoms with Gasteiger partial charge in [-0.1, -0.05) is 11.6 Å². The maximum absolute atomic E-state index is 11.1. The molecule has 6 heteroatoms. The predicted molar refractivity (Wildman–Crippen MR) is 51.6 cm³/mol. The van der Waals surface area contributed by atoms with Crippen LogP contribution in [-0.4, -0.2) is 25.2 Å². The predicted octanol–water partition coefficient (Wildman–Crippen LogP) is 1.11. The van der Waals surface area contributed by atoms with Gasteiger partial charge in [0.15, 0.2) is 5.69 Å². The number of rotatable bonds is 2. The molecule has 76 valence electrons. The fourth-order valence-corrected chi connectivity index (χ4v) is 1.05. The lowest BCUT2D eigenvalue weighted by Gasteiger charge is -2.06. The van der Waals surface area contributed by atoms with E-state index in [1.807, 2.05) is 0 Å². The highest BCUT2D eigenvalue weighted by molar-refractivity contribution is 6.33. The molecule has 0 saturated heterocycles. The van der Waals surface area contributed by atoms with Crippen molar-refractivity contribution in [1.29, 1.82) is 0 Å².